The number of phenols is 1. The van der Waals surface area contributed by atoms with Crippen LogP contribution in [0.4, 0.5) is 0 Å². The molecule has 21 heavy (non-hydrogen) atoms. The highest BCUT2D eigenvalue weighted by molar-refractivity contribution is 9.10. The van der Waals surface area contributed by atoms with Crippen molar-refractivity contribution < 1.29 is 19.7 Å². The first-order chi connectivity index (χ1) is 9.72. The molecule has 0 saturated heterocycles. The van der Waals surface area contributed by atoms with E-state index in [1.807, 2.05) is 13.8 Å². The second-order valence-electron chi connectivity index (χ2n) is 5.35. The average molecular weight is 358 g/mol. The van der Waals surface area contributed by atoms with Crippen LogP contribution in [0.5, 0.6) is 11.5 Å². The van der Waals surface area contributed by atoms with Crippen LogP contribution in [0.25, 0.3) is 0 Å². The molecule has 0 aliphatic carbocycles. The maximum atomic E-state index is 11.6. The van der Waals surface area contributed by atoms with E-state index in [9.17, 15) is 15.0 Å². The highest BCUT2D eigenvalue weighted by Crippen LogP contribution is 2.33. The predicted octanol–water partition coefficient (Wildman–Crippen LogP) is 3.11. The summed E-state index contributed by atoms with van der Waals surface area (Å²) >= 11 is 3.28. The van der Waals surface area contributed by atoms with Gasteiger partial charge in [-0.25, -0.2) is 0 Å². The molecule has 5 nitrogen and oxygen atoms in total. The first-order valence-electron chi connectivity index (χ1n) is 6.67. The van der Waals surface area contributed by atoms with Gasteiger partial charge >= 0.3 is 5.97 Å². The first-order valence-corrected chi connectivity index (χ1v) is 7.47. The van der Waals surface area contributed by atoms with Gasteiger partial charge in [0.15, 0.2) is 11.5 Å². The number of aliphatic hydroxyl groups is 1. The SMILES string of the molecule is CC(C)C(=O)Oc1cc(Br)cc(/C=N/C(O)C(C)C)c1O. The number of hydrogen-bond acceptors (Lipinski definition) is 5. The summed E-state index contributed by atoms with van der Waals surface area (Å²) in [6, 6.07) is 3.13. The van der Waals surface area contributed by atoms with E-state index in [1.165, 1.54) is 12.3 Å². The van der Waals surface area contributed by atoms with Gasteiger partial charge in [-0.05, 0) is 18.1 Å². The van der Waals surface area contributed by atoms with Gasteiger partial charge in [0.2, 0.25) is 0 Å². The van der Waals surface area contributed by atoms with Crippen molar-refractivity contribution >= 4 is 28.1 Å². The molecule has 1 aromatic rings. The van der Waals surface area contributed by atoms with E-state index in [0.29, 0.717) is 10.0 Å². The van der Waals surface area contributed by atoms with E-state index in [4.69, 9.17) is 4.74 Å². The van der Waals surface area contributed by atoms with Crippen LogP contribution in [0, 0.1) is 11.8 Å². The zero-order chi connectivity index (χ0) is 16.2. The van der Waals surface area contributed by atoms with Crippen LogP contribution in [-0.2, 0) is 4.79 Å². The Balaban J connectivity index is 3.07. The Morgan fingerprint density at radius 2 is 1.95 bits per heavy atom. The highest BCUT2D eigenvalue weighted by Gasteiger charge is 2.16. The topological polar surface area (TPSA) is 79.1 Å². The Bertz CT molecular complexity index is 541. The molecule has 1 atom stereocenters. The second-order valence-corrected chi connectivity index (χ2v) is 6.27. The van der Waals surface area contributed by atoms with Gasteiger partial charge in [-0.1, -0.05) is 43.6 Å². The number of aliphatic hydroxyl groups excluding tert-OH is 1. The summed E-state index contributed by atoms with van der Waals surface area (Å²) in [5.74, 6) is -0.902. The molecule has 0 aromatic heterocycles. The molecule has 0 fully saturated rings. The van der Waals surface area contributed by atoms with Crippen molar-refractivity contribution in [1.29, 1.82) is 0 Å². The number of carbonyl (C=O) groups excluding carboxylic acids is 1. The zero-order valence-corrected chi connectivity index (χ0v) is 14.1. The van der Waals surface area contributed by atoms with E-state index < -0.39 is 12.2 Å². The van der Waals surface area contributed by atoms with Crippen molar-refractivity contribution in [1.82, 2.24) is 0 Å². The third-order valence-corrected chi connectivity index (χ3v) is 3.17. The number of carbonyl (C=O) groups is 1. The van der Waals surface area contributed by atoms with E-state index in [-0.39, 0.29) is 23.3 Å². The lowest BCUT2D eigenvalue weighted by atomic mass is 10.1. The van der Waals surface area contributed by atoms with E-state index in [2.05, 4.69) is 20.9 Å². The molecule has 0 radical (unpaired) electrons. The minimum atomic E-state index is -0.856. The number of aromatic hydroxyl groups is 1. The van der Waals surface area contributed by atoms with E-state index >= 15 is 0 Å². The number of esters is 1. The lowest BCUT2D eigenvalue weighted by Gasteiger charge is -2.12. The van der Waals surface area contributed by atoms with E-state index in [0.717, 1.165) is 0 Å². The fraction of sp³-hybridized carbons (Fsp3) is 0.467. The molecule has 0 spiro atoms. The van der Waals surface area contributed by atoms with Crippen LogP contribution < -0.4 is 4.74 Å². The van der Waals surface area contributed by atoms with Gasteiger partial charge in [0, 0.05) is 16.3 Å². The maximum Gasteiger partial charge on any atom is 0.313 e. The molecule has 0 saturated carbocycles. The van der Waals surface area contributed by atoms with Gasteiger partial charge in [0.1, 0.15) is 6.23 Å². The summed E-state index contributed by atoms with van der Waals surface area (Å²) in [5.41, 5.74) is 0.357. The molecule has 1 rings (SSSR count). The summed E-state index contributed by atoms with van der Waals surface area (Å²) in [6.07, 6.45) is 0.502. The zero-order valence-electron chi connectivity index (χ0n) is 12.5. The van der Waals surface area contributed by atoms with Crippen LogP contribution in [0.2, 0.25) is 0 Å². The minimum Gasteiger partial charge on any atom is -0.504 e. The number of hydrogen-bond donors (Lipinski definition) is 2. The van der Waals surface area contributed by atoms with Crippen LogP contribution in [0.3, 0.4) is 0 Å². The summed E-state index contributed by atoms with van der Waals surface area (Å²) in [4.78, 5) is 15.6. The average Bonchev–Trinajstić information content (AvgIpc) is 2.39. The maximum absolute atomic E-state index is 11.6. The molecular weight excluding hydrogens is 338 g/mol. The van der Waals surface area contributed by atoms with Gasteiger partial charge in [-0.3, -0.25) is 9.79 Å². The smallest absolute Gasteiger partial charge is 0.313 e. The minimum absolute atomic E-state index is 0.0335. The fourth-order valence-electron chi connectivity index (χ4n) is 1.33. The van der Waals surface area contributed by atoms with Gasteiger partial charge in [0.25, 0.3) is 0 Å². The van der Waals surface area contributed by atoms with Crippen LogP contribution in [-0.4, -0.2) is 28.6 Å². The van der Waals surface area contributed by atoms with Gasteiger partial charge < -0.3 is 14.9 Å². The summed E-state index contributed by atoms with van der Waals surface area (Å²) in [5, 5.41) is 19.8. The van der Waals surface area contributed by atoms with Crippen molar-refractivity contribution in [2.75, 3.05) is 0 Å². The van der Waals surface area contributed by atoms with Gasteiger partial charge in [-0.15, -0.1) is 0 Å². The lowest BCUT2D eigenvalue weighted by Crippen LogP contribution is -2.15. The Kier molecular flexibility index (Phi) is 6.36. The standard InChI is InChI=1S/C15H20BrNO4/c1-8(2)14(19)17-7-10-5-11(16)6-12(13(10)18)21-15(20)9(3)4/h5-9,14,18-19H,1-4H3/b17-7+. The number of phenolic OH excluding ortho intramolecular Hbond substituents is 1. The molecule has 0 amide bonds. The number of nitrogens with zero attached hydrogens (tertiary/aromatic N) is 1. The summed E-state index contributed by atoms with van der Waals surface area (Å²) < 4.78 is 5.77. The van der Waals surface area contributed by atoms with Crippen molar-refractivity contribution in [3.05, 3.63) is 22.2 Å². The molecule has 116 valence electrons. The number of aliphatic imine (C=N–C) groups is 1. The van der Waals surface area contributed by atoms with Crippen LogP contribution >= 0.6 is 15.9 Å². The molecule has 0 heterocycles. The van der Waals surface area contributed by atoms with Crippen molar-refractivity contribution in [3.8, 4) is 11.5 Å². The number of rotatable bonds is 5. The normalized spacial score (nSPS) is 13.1. The van der Waals surface area contributed by atoms with Crippen molar-refractivity contribution in [3.63, 3.8) is 0 Å². The molecule has 6 heteroatoms. The van der Waals surface area contributed by atoms with Gasteiger partial charge in [-0.2, -0.15) is 0 Å². The van der Waals surface area contributed by atoms with Crippen molar-refractivity contribution in [2.45, 2.75) is 33.9 Å². The quantitative estimate of drug-likeness (QED) is 0.482. The highest BCUT2D eigenvalue weighted by atomic mass is 79.9. The molecule has 0 bridgehead atoms. The molecular formula is C15H20BrNO4. The second kappa shape index (κ2) is 7.56. The lowest BCUT2D eigenvalue weighted by molar-refractivity contribution is -0.137. The number of halogens is 1. The molecule has 1 unspecified atom stereocenters. The molecule has 2 N–H and O–H groups in total. The van der Waals surface area contributed by atoms with Crippen LogP contribution in [0.15, 0.2) is 21.6 Å². The molecule has 1 aromatic carbocycles. The van der Waals surface area contributed by atoms with Gasteiger partial charge in [0.05, 0.1) is 5.92 Å². The third-order valence-electron chi connectivity index (χ3n) is 2.71. The Morgan fingerprint density at radius 1 is 1.33 bits per heavy atom. The molecule has 0 aliphatic heterocycles. The summed E-state index contributed by atoms with van der Waals surface area (Å²) in [6.45, 7) is 7.08. The number of ether oxygens (including phenoxy) is 1. The fourth-order valence-corrected chi connectivity index (χ4v) is 1.78. The van der Waals surface area contributed by atoms with Crippen LogP contribution in [0.1, 0.15) is 33.3 Å². The third kappa shape index (κ3) is 5.13. The first kappa shape index (κ1) is 17.7. The monoisotopic (exact) mass is 357 g/mol. The number of benzene rings is 1. The van der Waals surface area contributed by atoms with E-state index in [1.54, 1.807) is 19.9 Å². The molecule has 0 aliphatic rings. The van der Waals surface area contributed by atoms with Crippen molar-refractivity contribution in [2.24, 2.45) is 16.8 Å². The largest absolute Gasteiger partial charge is 0.504 e. The predicted molar refractivity (Wildman–Crippen MR) is 84.7 cm³/mol. The summed E-state index contributed by atoms with van der Waals surface area (Å²) in [7, 11) is 0. The Labute approximate surface area is 132 Å². The Morgan fingerprint density at radius 3 is 2.48 bits per heavy atom. The Hall–Kier alpha value is -1.40.